The highest BCUT2D eigenvalue weighted by atomic mass is 35.5. The minimum atomic E-state index is -0.774. The number of methoxy groups -OCH3 is 1. The number of nitrogens with one attached hydrogen (secondary N) is 3. The third kappa shape index (κ3) is 10.7. The van der Waals surface area contributed by atoms with Crippen molar-refractivity contribution >= 4 is 85.8 Å². The normalized spacial score (nSPS) is 26.0. The Hall–Kier alpha value is -7.62. The highest BCUT2D eigenvalue weighted by molar-refractivity contribution is 6.32. The van der Waals surface area contributed by atoms with E-state index in [0.29, 0.717) is 115 Å². The zero-order valence-electron chi connectivity index (χ0n) is 45.7. The van der Waals surface area contributed by atoms with Crippen molar-refractivity contribution in [1.29, 1.82) is 0 Å². The topological polar surface area (TPSA) is 264 Å². The number of ether oxygens (including phenoxy) is 1. The van der Waals surface area contributed by atoms with Gasteiger partial charge < -0.3 is 29.9 Å². The smallest absolute Gasteiger partial charge is 0.309 e. The van der Waals surface area contributed by atoms with Crippen LogP contribution in [0.25, 0.3) is 67.3 Å². The molecule has 6 bridgehead atoms. The summed E-state index contributed by atoms with van der Waals surface area (Å²) in [6.07, 6.45) is 23.4. The Morgan fingerprint density at radius 2 is 0.788 bits per heavy atom. The molecule has 7 unspecified atom stereocenters. The average Bonchev–Trinajstić information content (AvgIpc) is 4.03. The number of carbonyl (C=O) groups excluding carboxylic acids is 1. The molecule has 438 valence electrons. The lowest BCUT2D eigenvalue weighted by Crippen LogP contribution is -2.32. The molecule has 18 nitrogen and oxygen atoms in total. The van der Waals surface area contributed by atoms with Gasteiger partial charge in [0.25, 0.3) is 0 Å². The summed E-state index contributed by atoms with van der Waals surface area (Å²) < 4.78 is 48.6. The van der Waals surface area contributed by atoms with Crippen molar-refractivity contribution in [2.75, 3.05) is 7.11 Å². The summed E-state index contributed by atoms with van der Waals surface area (Å²) in [5.74, 6) is -1.26. The van der Waals surface area contributed by atoms with Gasteiger partial charge in [-0.15, -0.1) is 0 Å². The minimum absolute atomic E-state index is 0.0533. The summed E-state index contributed by atoms with van der Waals surface area (Å²) >= 11 is 18.2. The van der Waals surface area contributed by atoms with Crippen LogP contribution < -0.4 is 0 Å². The van der Waals surface area contributed by atoms with Gasteiger partial charge in [-0.3, -0.25) is 14.4 Å². The number of hydrogen-bond donors (Lipinski definition) is 5. The zero-order valence-corrected chi connectivity index (χ0v) is 47.9. The van der Waals surface area contributed by atoms with Crippen LogP contribution in [0.5, 0.6) is 0 Å². The van der Waals surface area contributed by atoms with E-state index < -0.39 is 41.2 Å². The van der Waals surface area contributed by atoms with Gasteiger partial charge in [-0.1, -0.05) is 34.8 Å². The fraction of sp³-hybridized carbons (Fsp3) is 0.410. The van der Waals surface area contributed by atoms with Crippen molar-refractivity contribution in [3.63, 3.8) is 0 Å². The quantitative estimate of drug-likeness (QED) is 0.0712. The van der Waals surface area contributed by atoms with Gasteiger partial charge in [-0.2, -0.15) is 0 Å². The number of rotatable bonds is 12. The molecule has 5 N–H and O–H groups in total. The number of carboxylic acids is 2. The fourth-order valence-electron chi connectivity index (χ4n) is 15.6. The number of halogens is 6. The van der Waals surface area contributed by atoms with Gasteiger partial charge in [0.05, 0.1) is 75.6 Å². The number of carboxylic acid groups (broad SMARTS) is 2. The Bertz CT molecular complexity index is 3920. The van der Waals surface area contributed by atoms with E-state index >= 15 is 0 Å². The maximum atomic E-state index is 14.6. The van der Waals surface area contributed by atoms with Crippen LogP contribution in [0.15, 0.2) is 74.0 Å². The number of carbonyl (C=O) groups is 3. The number of hydrogen-bond acceptors (Lipinski definition) is 13. The van der Waals surface area contributed by atoms with Crippen LogP contribution in [0.1, 0.15) is 74.9 Å². The van der Waals surface area contributed by atoms with E-state index in [4.69, 9.17) is 39.5 Å². The summed E-state index contributed by atoms with van der Waals surface area (Å²) in [6, 6.07) is 5.31. The molecule has 9 aromatic rings. The Morgan fingerprint density at radius 1 is 0.482 bits per heavy atom. The molecule has 0 aromatic carbocycles. The minimum Gasteiger partial charge on any atom is -0.481 e. The van der Waals surface area contributed by atoms with E-state index in [1.807, 2.05) is 0 Å². The maximum absolute atomic E-state index is 14.6. The lowest BCUT2D eigenvalue weighted by atomic mass is 9.77. The van der Waals surface area contributed by atoms with Crippen LogP contribution in [0.3, 0.4) is 0 Å². The second-order valence-electron chi connectivity index (χ2n) is 23.6. The van der Waals surface area contributed by atoms with E-state index in [9.17, 15) is 37.8 Å². The molecule has 6 aliphatic rings. The first-order valence-electron chi connectivity index (χ1n) is 28.5. The number of pyridine rings is 3. The highest BCUT2D eigenvalue weighted by Crippen LogP contribution is 2.56. The predicted molar refractivity (Wildman–Crippen MR) is 308 cm³/mol. The SMILES string of the molecule is COC(=O)[C@H]1C2CCC(C2)C1Cc1nc(-c2c[nH]c3ncc(Cl)cc23)ncc1F.O=C(O)[C@@H]1C2CC[C@@H](C2)C1Cc1nc(-c2c[nH]c3ncc(Cl)cc23)ncc1F.O=C(O)[C@H]1C2CC[C@@H](C2)C1Cc1nc(-c2c[nH]c3ncc(Cl)cc23)ncc1F. The first-order chi connectivity index (χ1) is 41.1. The standard InChI is InChI=1S/C21H20ClFN4O2.2C20H18ClFN4O2/c1-29-21(28)18-11-3-2-10(4-11)13(18)6-17-16(23)9-26-20(27-17)15-8-25-19-14(15)5-12(22)7-24-19;2*21-11-4-13-14(7-24-18(13)23-6-11)19-25-8-15(22)16(26-19)5-12-9-1-2-10(3-9)17(12)20(27)28/h5,7-11,13,18H,2-4,6H2,1H3,(H,24,25);2*4,6-10,12,17H,1-3,5H2,(H,23,24)(H,27,28)/t10?,11?,13?,18-;9-,10?,12?,17+;9-,10?,12?,17-/m000/s1. The summed E-state index contributed by atoms with van der Waals surface area (Å²) in [5, 5.41) is 23.1. The van der Waals surface area contributed by atoms with Crippen LogP contribution in [0.2, 0.25) is 15.1 Å². The van der Waals surface area contributed by atoms with Gasteiger partial charge in [-0.05, 0) is 149 Å². The Balaban J connectivity index is 0.000000119. The number of aliphatic carboxylic acids is 2. The van der Waals surface area contributed by atoms with Crippen molar-refractivity contribution < 1.29 is 42.5 Å². The second kappa shape index (κ2) is 23.0. The van der Waals surface area contributed by atoms with Crippen LogP contribution in [-0.4, -0.2) is 95.0 Å². The molecular formula is C61H56Cl3F3N12O6. The lowest BCUT2D eigenvalue weighted by Gasteiger charge is -2.29. The first kappa shape index (κ1) is 56.5. The molecule has 6 aliphatic carbocycles. The predicted octanol–water partition coefficient (Wildman–Crippen LogP) is 12.4. The first-order valence-corrected chi connectivity index (χ1v) is 29.7. The van der Waals surface area contributed by atoms with E-state index in [2.05, 4.69) is 59.8 Å². The Morgan fingerprint density at radius 3 is 1.11 bits per heavy atom. The third-order valence-electron chi connectivity index (χ3n) is 19.3. The van der Waals surface area contributed by atoms with Gasteiger partial charge in [-0.25, -0.2) is 58.0 Å². The van der Waals surface area contributed by atoms with Crippen molar-refractivity contribution in [2.24, 2.45) is 71.0 Å². The molecule has 85 heavy (non-hydrogen) atoms. The number of fused-ring (bicyclic) bond motifs is 9. The summed E-state index contributed by atoms with van der Waals surface area (Å²) in [6.45, 7) is 0. The molecule has 6 fully saturated rings. The van der Waals surface area contributed by atoms with Gasteiger partial charge in [0, 0.05) is 70.0 Å². The third-order valence-corrected chi connectivity index (χ3v) is 19.9. The number of aromatic amines is 3. The van der Waals surface area contributed by atoms with E-state index in [1.165, 1.54) is 13.3 Å². The highest BCUT2D eigenvalue weighted by Gasteiger charge is 2.53. The zero-order chi connectivity index (χ0) is 58.9. The van der Waals surface area contributed by atoms with Crippen LogP contribution in [-0.2, 0) is 38.4 Å². The molecule has 0 spiro atoms. The van der Waals surface area contributed by atoms with Crippen molar-refractivity contribution in [3.05, 3.63) is 124 Å². The molecule has 0 amide bonds. The number of aromatic nitrogens is 12. The van der Waals surface area contributed by atoms with E-state index in [-0.39, 0.29) is 52.9 Å². The molecule has 0 saturated heterocycles. The summed E-state index contributed by atoms with van der Waals surface area (Å²) in [7, 11) is 1.42. The maximum Gasteiger partial charge on any atom is 0.309 e. The summed E-state index contributed by atoms with van der Waals surface area (Å²) in [4.78, 5) is 83.7. The molecule has 6 saturated carbocycles. The monoisotopic (exact) mass is 1210 g/mol. The van der Waals surface area contributed by atoms with Gasteiger partial charge >= 0.3 is 17.9 Å². The molecule has 0 radical (unpaired) electrons. The molecule has 12 atom stereocenters. The van der Waals surface area contributed by atoms with Crippen LogP contribution in [0, 0.1) is 88.5 Å². The molecule has 24 heteroatoms. The molecule has 15 rings (SSSR count). The number of esters is 1. The number of nitrogens with zero attached hydrogens (tertiary/aromatic N) is 9. The molecule has 9 heterocycles. The van der Waals surface area contributed by atoms with Gasteiger partial charge in [0.15, 0.2) is 34.9 Å². The van der Waals surface area contributed by atoms with Crippen LogP contribution in [0.4, 0.5) is 13.2 Å². The molecule has 0 aliphatic heterocycles. The Labute approximate surface area is 498 Å². The van der Waals surface area contributed by atoms with Crippen molar-refractivity contribution in [2.45, 2.75) is 77.0 Å². The van der Waals surface area contributed by atoms with Crippen molar-refractivity contribution in [1.82, 2.24) is 59.8 Å². The molecular weight excluding hydrogens is 1160 g/mol. The van der Waals surface area contributed by atoms with Crippen LogP contribution >= 0.6 is 34.8 Å². The van der Waals surface area contributed by atoms with E-state index in [0.717, 1.165) is 86.3 Å². The van der Waals surface area contributed by atoms with Crippen molar-refractivity contribution in [3.8, 4) is 34.2 Å². The fourth-order valence-corrected chi connectivity index (χ4v) is 16.0. The number of H-pyrrole nitrogens is 3. The average molecular weight is 1220 g/mol. The second-order valence-corrected chi connectivity index (χ2v) is 24.9. The summed E-state index contributed by atoms with van der Waals surface area (Å²) in [5.41, 5.74) is 4.94. The van der Waals surface area contributed by atoms with Gasteiger partial charge in [0.1, 0.15) is 16.9 Å². The lowest BCUT2D eigenvalue weighted by molar-refractivity contribution is -0.149. The molecule has 9 aromatic heterocycles. The largest absolute Gasteiger partial charge is 0.481 e. The van der Waals surface area contributed by atoms with E-state index in [1.54, 1.807) is 55.4 Å². The van der Waals surface area contributed by atoms with Gasteiger partial charge in [0.2, 0.25) is 0 Å². The Kier molecular flexibility index (Phi) is 15.3.